The Balaban J connectivity index is 2.27. The van der Waals surface area contributed by atoms with Crippen molar-refractivity contribution in [2.75, 3.05) is 5.73 Å². The quantitative estimate of drug-likeness (QED) is 0.936. The number of fused-ring (bicyclic) bond motifs is 3. The smallest absolute Gasteiger partial charge is 0.152 e. The lowest BCUT2D eigenvalue weighted by molar-refractivity contribution is 0.541. The van der Waals surface area contributed by atoms with E-state index >= 15 is 0 Å². The predicted molar refractivity (Wildman–Crippen MR) is 87.4 cm³/mol. The highest BCUT2D eigenvalue weighted by atomic mass is 15.3. The Morgan fingerprint density at radius 2 is 2.00 bits per heavy atom. The van der Waals surface area contributed by atoms with Gasteiger partial charge in [0.05, 0.1) is 0 Å². The van der Waals surface area contributed by atoms with Gasteiger partial charge in [0.15, 0.2) is 5.82 Å². The number of hydrogen-bond donors (Lipinski definition) is 1. The van der Waals surface area contributed by atoms with Crippen LogP contribution in [-0.2, 0) is 25.8 Å². The number of anilines is 1. The van der Waals surface area contributed by atoms with Gasteiger partial charge in [-0.15, -0.1) is 0 Å². The minimum absolute atomic E-state index is 0.616. The van der Waals surface area contributed by atoms with E-state index in [-0.39, 0.29) is 0 Å². The number of hydrogen-bond acceptors (Lipinski definition) is 3. The van der Waals surface area contributed by atoms with Crippen molar-refractivity contribution in [3.63, 3.8) is 0 Å². The molecule has 1 aliphatic carbocycles. The lowest BCUT2D eigenvalue weighted by atomic mass is 9.91. The van der Waals surface area contributed by atoms with Crippen LogP contribution in [0.5, 0.6) is 0 Å². The summed E-state index contributed by atoms with van der Waals surface area (Å²) in [6.45, 7) is 7.70. The van der Waals surface area contributed by atoms with Crippen LogP contribution >= 0.6 is 0 Å². The second-order valence-electron chi connectivity index (χ2n) is 6.62. The summed E-state index contributed by atoms with van der Waals surface area (Å²) in [7, 11) is 0. The van der Waals surface area contributed by atoms with Crippen LogP contribution in [0, 0.1) is 5.92 Å². The van der Waals surface area contributed by atoms with E-state index in [2.05, 4.69) is 30.4 Å². The third kappa shape index (κ3) is 2.52. The van der Waals surface area contributed by atoms with Gasteiger partial charge < -0.3 is 5.73 Å². The molecule has 0 spiro atoms. The van der Waals surface area contributed by atoms with E-state index < -0.39 is 0 Å². The number of nitrogens with zero attached hydrogens (tertiary/aromatic N) is 3. The summed E-state index contributed by atoms with van der Waals surface area (Å²) in [5, 5.41) is 6.11. The Morgan fingerprint density at radius 3 is 2.71 bits per heavy atom. The van der Waals surface area contributed by atoms with Gasteiger partial charge in [0.2, 0.25) is 0 Å². The molecule has 2 aromatic heterocycles. The summed E-state index contributed by atoms with van der Waals surface area (Å²) in [6.07, 6.45) is 6.83. The summed E-state index contributed by atoms with van der Waals surface area (Å²) < 4.78 is 2.18. The summed E-state index contributed by atoms with van der Waals surface area (Å²) in [5.41, 5.74) is 11.1. The Bertz CT molecular complexity index is 655. The molecule has 2 heterocycles. The zero-order valence-electron chi connectivity index (χ0n) is 13.4. The number of nitrogen functional groups attached to an aromatic ring is 1. The van der Waals surface area contributed by atoms with Crippen LogP contribution in [0.25, 0.3) is 10.9 Å². The lowest BCUT2D eigenvalue weighted by Crippen LogP contribution is -2.10. The van der Waals surface area contributed by atoms with E-state index in [9.17, 15) is 0 Å². The second kappa shape index (κ2) is 5.66. The fourth-order valence-corrected chi connectivity index (χ4v) is 3.46. The van der Waals surface area contributed by atoms with E-state index in [0.29, 0.717) is 11.7 Å². The monoisotopic (exact) mass is 286 g/mol. The number of pyridine rings is 1. The highest BCUT2D eigenvalue weighted by molar-refractivity contribution is 5.93. The van der Waals surface area contributed by atoms with Gasteiger partial charge in [-0.05, 0) is 50.0 Å². The largest absolute Gasteiger partial charge is 0.382 e. The number of aryl methyl sites for hydroxylation is 3. The highest BCUT2D eigenvalue weighted by Crippen LogP contribution is 2.33. The van der Waals surface area contributed by atoms with E-state index in [1.54, 1.807) is 0 Å². The van der Waals surface area contributed by atoms with Gasteiger partial charge in [-0.25, -0.2) is 4.98 Å². The molecule has 0 aliphatic heterocycles. The SMILES string of the molecule is CCCn1nc2c(N)nc3c(c2c1CC(C)C)CCCC3. The molecule has 21 heavy (non-hydrogen) atoms. The molecule has 0 atom stereocenters. The molecule has 0 radical (unpaired) electrons. The predicted octanol–water partition coefficient (Wildman–Crippen LogP) is 3.50. The first-order valence-electron chi connectivity index (χ1n) is 8.28. The van der Waals surface area contributed by atoms with Crippen molar-refractivity contribution in [2.24, 2.45) is 5.92 Å². The summed E-state index contributed by atoms with van der Waals surface area (Å²) in [6, 6.07) is 0. The van der Waals surface area contributed by atoms with Crippen molar-refractivity contribution < 1.29 is 0 Å². The highest BCUT2D eigenvalue weighted by Gasteiger charge is 2.23. The van der Waals surface area contributed by atoms with Crippen molar-refractivity contribution >= 4 is 16.7 Å². The molecule has 0 saturated carbocycles. The standard InChI is InChI=1S/C17H26N4/c1-4-9-21-14(10-11(2)3)15-12-7-5-6-8-13(12)19-17(18)16(15)20-21/h11H,4-10H2,1-3H3,(H2,18,19). The first-order valence-corrected chi connectivity index (χ1v) is 8.28. The molecule has 0 fully saturated rings. The van der Waals surface area contributed by atoms with Gasteiger partial charge in [-0.3, -0.25) is 4.68 Å². The van der Waals surface area contributed by atoms with Crippen molar-refractivity contribution in [1.82, 2.24) is 14.8 Å². The number of aromatic nitrogens is 3. The number of nitrogens with two attached hydrogens (primary N) is 1. The Labute approximate surface area is 126 Å². The first-order chi connectivity index (χ1) is 10.1. The molecule has 0 amide bonds. The Hall–Kier alpha value is -1.58. The van der Waals surface area contributed by atoms with Gasteiger partial charge >= 0.3 is 0 Å². The van der Waals surface area contributed by atoms with Crippen molar-refractivity contribution in [3.05, 3.63) is 17.0 Å². The van der Waals surface area contributed by atoms with Crippen LogP contribution in [0.15, 0.2) is 0 Å². The van der Waals surface area contributed by atoms with Crippen LogP contribution in [0.1, 0.15) is 57.0 Å². The third-order valence-electron chi connectivity index (χ3n) is 4.33. The molecule has 1 aliphatic rings. The first kappa shape index (κ1) is 14.4. The topological polar surface area (TPSA) is 56.7 Å². The van der Waals surface area contributed by atoms with Crippen LogP contribution in [0.4, 0.5) is 5.82 Å². The molecule has 0 aromatic carbocycles. The van der Waals surface area contributed by atoms with Crippen LogP contribution in [-0.4, -0.2) is 14.8 Å². The summed E-state index contributed by atoms with van der Waals surface area (Å²) in [4.78, 5) is 4.64. The molecule has 0 unspecified atom stereocenters. The molecule has 2 N–H and O–H groups in total. The van der Waals surface area contributed by atoms with Gasteiger partial charge in [0, 0.05) is 23.3 Å². The van der Waals surface area contributed by atoms with Gasteiger partial charge in [-0.2, -0.15) is 5.10 Å². The van der Waals surface area contributed by atoms with Crippen LogP contribution in [0.3, 0.4) is 0 Å². The Morgan fingerprint density at radius 1 is 1.24 bits per heavy atom. The average Bonchev–Trinajstić information content (AvgIpc) is 2.79. The zero-order valence-corrected chi connectivity index (χ0v) is 13.4. The van der Waals surface area contributed by atoms with Gasteiger partial charge in [0.25, 0.3) is 0 Å². The summed E-state index contributed by atoms with van der Waals surface area (Å²) >= 11 is 0. The van der Waals surface area contributed by atoms with Crippen molar-refractivity contribution in [2.45, 2.75) is 65.8 Å². The average molecular weight is 286 g/mol. The van der Waals surface area contributed by atoms with Gasteiger partial charge in [0.1, 0.15) is 5.52 Å². The molecule has 0 saturated heterocycles. The zero-order chi connectivity index (χ0) is 15.0. The van der Waals surface area contributed by atoms with E-state index in [1.807, 2.05) is 0 Å². The maximum Gasteiger partial charge on any atom is 0.152 e. The van der Waals surface area contributed by atoms with Crippen molar-refractivity contribution in [1.29, 1.82) is 0 Å². The minimum Gasteiger partial charge on any atom is -0.382 e. The molecule has 2 aromatic rings. The van der Waals surface area contributed by atoms with E-state index in [0.717, 1.165) is 37.7 Å². The molecule has 4 nitrogen and oxygen atoms in total. The molecule has 0 bridgehead atoms. The molecule has 3 rings (SSSR count). The molecular formula is C17H26N4. The maximum atomic E-state index is 6.20. The molecular weight excluding hydrogens is 260 g/mol. The third-order valence-corrected chi connectivity index (χ3v) is 4.33. The van der Waals surface area contributed by atoms with E-state index in [1.165, 1.54) is 35.2 Å². The van der Waals surface area contributed by atoms with E-state index in [4.69, 9.17) is 10.8 Å². The number of rotatable bonds is 4. The van der Waals surface area contributed by atoms with Crippen molar-refractivity contribution in [3.8, 4) is 0 Å². The minimum atomic E-state index is 0.616. The van der Waals surface area contributed by atoms with Crippen LogP contribution < -0.4 is 5.73 Å². The van der Waals surface area contributed by atoms with Gasteiger partial charge in [-0.1, -0.05) is 20.8 Å². The Kier molecular flexibility index (Phi) is 3.87. The van der Waals surface area contributed by atoms with Crippen LogP contribution in [0.2, 0.25) is 0 Å². The summed E-state index contributed by atoms with van der Waals surface area (Å²) in [5.74, 6) is 1.24. The molecule has 114 valence electrons. The fraction of sp³-hybridized carbons (Fsp3) is 0.647. The lowest BCUT2D eigenvalue weighted by Gasteiger charge is -2.17. The fourth-order valence-electron chi connectivity index (χ4n) is 3.46. The molecule has 4 heteroatoms. The normalized spacial score (nSPS) is 14.9. The second-order valence-corrected chi connectivity index (χ2v) is 6.62. The maximum absolute atomic E-state index is 6.20.